The molecule has 2 heteroatoms. The van der Waals surface area contributed by atoms with Gasteiger partial charge in [0.05, 0.1) is 0 Å². The largest absolute Gasteiger partial charge is 0.303 e. The second kappa shape index (κ2) is 5.66. The zero-order valence-electron chi connectivity index (χ0n) is 9.08. The first-order chi connectivity index (χ1) is 7.40. The summed E-state index contributed by atoms with van der Waals surface area (Å²) in [5.41, 5.74) is 3.11. The first-order valence-corrected chi connectivity index (χ1v) is 6.87. The van der Waals surface area contributed by atoms with Crippen LogP contribution in [0.1, 0.15) is 17.5 Å². The molecular weight excluding hydrogens is 250 g/mol. The van der Waals surface area contributed by atoms with Crippen LogP contribution in [0.3, 0.4) is 0 Å². The van der Waals surface area contributed by atoms with Crippen LogP contribution < -0.4 is 0 Å². The highest BCUT2D eigenvalue weighted by atomic mass is 79.9. The van der Waals surface area contributed by atoms with E-state index in [9.17, 15) is 0 Å². The van der Waals surface area contributed by atoms with E-state index >= 15 is 0 Å². The number of hydrogen-bond acceptors (Lipinski definition) is 1. The fraction of sp³-hybridized carbons (Fsp3) is 0.538. The highest BCUT2D eigenvalue weighted by Crippen LogP contribution is 2.15. The Morgan fingerprint density at radius 2 is 1.67 bits per heavy atom. The predicted molar refractivity (Wildman–Crippen MR) is 68.7 cm³/mol. The summed E-state index contributed by atoms with van der Waals surface area (Å²) in [7, 11) is 0. The van der Waals surface area contributed by atoms with Crippen LogP contribution >= 0.6 is 15.9 Å². The van der Waals surface area contributed by atoms with Gasteiger partial charge in [-0.1, -0.05) is 40.2 Å². The van der Waals surface area contributed by atoms with E-state index in [2.05, 4.69) is 45.1 Å². The van der Waals surface area contributed by atoms with Crippen molar-refractivity contribution in [3.63, 3.8) is 0 Å². The molecule has 0 saturated carbocycles. The molecule has 1 aromatic rings. The lowest BCUT2D eigenvalue weighted by atomic mass is 10.0. The molecule has 1 aliphatic rings. The maximum absolute atomic E-state index is 3.50. The summed E-state index contributed by atoms with van der Waals surface area (Å²) in [6, 6.07) is 8.88. The van der Waals surface area contributed by atoms with Gasteiger partial charge in [0.25, 0.3) is 0 Å². The summed E-state index contributed by atoms with van der Waals surface area (Å²) in [6.45, 7) is 3.69. The number of alkyl halides is 1. The monoisotopic (exact) mass is 267 g/mol. The van der Waals surface area contributed by atoms with Gasteiger partial charge in [-0.3, -0.25) is 0 Å². The second-order valence-electron chi connectivity index (χ2n) is 4.15. The number of rotatable bonds is 3. The third-order valence-corrected chi connectivity index (χ3v) is 3.68. The highest BCUT2D eigenvalue weighted by molar-refractivity contribution is 9.09. The third kappa shape index (κ3) is 3.05. The first kappa shape index (κ1) is 11.2. The topological polar surface area (TPSA) is 3.24 Å². The lowest BCUT2D eigenvalue weighted by molar-refractivity contribution is 0.289. The van der Waals surface area contributed by atoms with Crippen LogP contribution in [0.5, 0.6) is 0 Å². The molecule has 0 radical (unpaired) electrons. The minimum atomic E-state index is 1.12. The van der Waals surface area contributed by atoms with E-state index in [0.29, 0.717) is 0 Å². The van der Waals surface area contributed by atoms with E-state index in [1.807, 2.05) is 0 Å². The molecule has 1 aliphatic heterocycles. The Labute approximate surface area is 101 Å². The standard InChI is InChI=1S/C13H18BrN/c14-8-3-9-15-10-6-12-4-1-2-5-13(12)7-11-15/h1-2,4-5H,3,6-11H2. The molecule has 0 bridgehead atoms. The van der Waals surface area contributed by atoms with Crippen molar-refractivity contribution in [1.82, 2.24) is 4.90 Å². The second-order valence-corrected chi connectivity index (χ2v) is 4.95. The van der Waals surface area contributed by atoms with Crippen LogP contribution in [0.25, 0.3) is 0 Å². The Bertz CT molecular complexity index is 284. The maximum Gasteiger partial charge on any atom is 0.00434 e. The van der Waals surface area contributed by atoms with Gasteiger partial charge in [-0.05, 0) is 36.9 Å². The van der Waals surface area contributed by atoms with Crippen LogP contribution in [-0.2, 0) is 12.8 Å². The van der Waals surface area contributed by atoms with E-state index in [1.165, 1.54) is 38.9 Å². The van der Waals surface area contributed by atoms with Gasteiger partial charge in [-0.15, -0.1) is 0 Å². The van der Waals surface area contributed by atoms with E-state index < -0.39 is 0 Å². The predicted octanol–water partition coefficient (Wildman–Crippen LogP) is 2.87. The Kier molecular flexibility index (Phi) is 4.21. The van der Waals surface area contributed by atoms with E-state index in [4.69, 9.17) is 0 Å². The minimum Gasteiger partial charge on any atom is -0.303 e. The van der Waals surface area contributed by atoms with E-state index in [0.717, 1.165) is 5.33 Å². The van der Waals surface area contributed by atoms with Crippen molar-refractivity contribution in [3.8, 4) is 0 Å². The SMILES string of the molecule is BrCCCN1CCc2ccccc2CC1. The van der Waals surface area contributed by atoms with Crippen molar-refractivity contribution in [1.29, 1.82) is 0 Å². The number of nitrogens with zero attached hydrogens (tertiary/aromatic N) is 1. The average Bonchev–Trinajstić information content (AvgIpc) is 2.49. The number of fused-ring (bicyclic) bond motifs is 1. The van der Waals surface area contributed by atoms with Crippen LogP contribution in [-0.4, -0.2) is 29.9 Å². The fourth-order valence-electron chi connectivity index (χ4n) is 2.22. The molecule has 0 amide bonds. The average molecular weight is 268 g/mol. The van der Waals surface area contributed by atoms with Crippen molar-refractivity contribution in [2.75, 3.05) is 25.0 Å². The summed E-state index contributed by atoms with van der Waals surface area (Å²) in [5, 5.41) is 1.12. The Hall–Kier alpha value is -0.340. The molecule has 0 aromatic heterocycles. The molecule has 82 valence electrons. The first-order valence-electron chi connectivity index (χ1n) is 5.75. The molecule has 0 saturated heterocycles. The Balaban J connectivity index is 1.96. The maximum atomic E-state index is 3.50. The lowest BCUT2D eigenvalue weighted by Crippen LogP contribution is -2.27. The van der Waals surface area contributed by atoms with E-state index in [1.54, 1.807) is 11.1 Å². The number of benzene rings is 1. The van der Waals surface area contributed by atoms with Gasteiger partial charge < -0.3 is 4.90 Å². The van der Waals surface area contributed by atoms with Gasteiger partial charge in [0, 0.05) is 18.4 Å². The smallest absolute Gasteiger partial charge is 0.00434 e. The molecule has 0 atom stereocenters. The molecule has 0 fully saturated rings. The van der Waals surface area contributed by atoms with Gasteiger partial charge in [0.15, 0.2) is 0 Å². The molecule has 15 heavy (non-hydrogen) atoms. The summed E-state index contributed by atoms with van der Waals surface area (Å²) >= 11 is 3.50. The molecule has 1 heterocycles. The summed E-state index contributed by atoms with van der Waals surface area (Å²) < 4.78 is 0. The molecule has 0 aliphatic carbocycles. The van der Waals surface area contributed by atoms with Gasteiger partial charge in [-0.2, -0.15) is 0 Å². The van der Waals surface area contributed by atoms with E-state index in [-0.39, 0.29) is 0 Å². The molecule has 0 N–H and O–H groups in total. The van der Waals surface area contributed by atoms with Crippen LogP contribution in [0.2, 0.25) is 0 Å². The minimum absolute atomic E-state index is 1.12. The number of hydrogen-bond donors (Lipinski definition) is 0. The number of halogens is 1. The molecule has 1 nitrogen and oxygen atoms in total. The summed E-state index contributed by atoms with van der Waals surface area (Å²) in [5.74, 6) is 0. The fourth-order valence-corrected chi connectivity index (χ4v) is 2.47. The Morgan fingerprint density at radius 1 is 1.07 bits per heavy atom. The molecule has 1 aromatic carbocycles. The lowest BCUT2D eigenvalue weighted by Gasteiger charge is -2.18. The zero-order chi connectivity index (χ0) is 10.5. The van der Waals surface area contributed by atoms with Gasteiger partial charge in [-0.25, -0.2) is 0 Å². The molecule has 0 unspecified atom stereocenters. The normalized spacial score (nSPS) is 17.1. The van der Waals surface area contributed by atoms with Crippen molar-refractivity contribution in [2.45, 2.75) is 19.3 Å². The summed E-state index contributed by atoms with van der Waals surface area (Å²) in [4.78, 5) is 2.58. The van der Waals surface area contributed by atoms with Crippen molar-refractivity contribution < 1.29 is 0 Å². The Morgan fingerprint density at radius 3 is 2.20 bits per heavy atom. The molecular formula is C13H18BrN. The van der Waals surface area contributed by atoms with Crippen molar-refractivity contribution in [2.24, 2.45) is 0 Å². The summed E-state index contributed by atoms with van der Waals surface area (Å²) in [6.07, 6.45) is 3.70. The molecule has 2 rings (SSSR count). The van der Waals surface area contributed by atoms with Crippen LogP contribution in [0, 0.1) is 0 Å². The van der Waals surface area contributed by atoms with Gasteiger partial charge in [0.1, 0.15) is 0 Å². The van der Waals surface area contributed by atoms with Crippen molar-refractivity contribution in [3.05, 3.63) is 35.4 Å². The third-order valence-electron chi connectivity index (χ3n) is 3.12. The van der Waals surface area contributed by atoms with Crippen LogP contribution in [0.4, 0.5) is 0 Å². The zero-order valence-corrected chi connectivity index (χ0v) is 10.7. The van der Waals surface area contributed by atoms with Gasteiger partial charge in [0.2, 0.25) is 0 Å². The van der Waals surface area contributed by atoms with Crippen molar-refractivity contribution >= 4 is 15.9 Å². The quantitative estimate of drug-likeness (QED) is 0.762. The van der Waals surface area contributed by atoms with Crippen LogP contribution in [0.15, 0.2) is 24.3 Å². The highest BCUT2D eigenvalue weighted by Gasteiger charge is 2.12. The van der Waals surface area contributed by atoms with Gasteiger partial charge >= 0.3 is 0 Å². The molecule has 0 spiro atoms.